The van der Waals surface area contributed by atoms with Crippen LogP contribution in [0.1, 0.15) is 22.2 Å². The largest absolute Gasteiger partial charge is 0.389 e. The molecule has 160 valence electrons. The molecule has 0 unspecified atom stereocenters. The number of aromatic nitrogens is 5. The van der Waals surface area contributed by atoms with Gasteiger partial charge >= 0.3 is 0 Å². The smallest absolute Gasteiger partial charge is 0.183 e. The second-order valence-electron chi connectivity index (χ2n) is 7.25. The van der Waals surface area contributed by atoms with Gasteiger partial charge in [0.2, 0.25) is 0 Å². The molecule has 0 saturated heterocycles. The predicted molar refractivity (Wildman–Crippen MR) is 109 cm³/mol. The first-order chi connectivity index (χ1) is 15.5. The van der Waals surface area contributed by atoms with E-state index in [2.05, 4.69) is 25.5 Å². The third-order valence-electron chi connectivity index (χ3n) is 4.22. The summed E-state index contributed by atoms with van der Waals surface area (Å²) in [6.07, 6.45) is 2.25. The number of hydrogen-bond donors (Lipinski definition) is 2. The van der Waals surface area contributed by atoms with Gasteiger partial charge < -0.3 is 14.9 Å². The molecule has 0 fully saturated rings. The Morgan fingerprint density at radius 3 is 2.71 bits per heavy atom. The molecule has 0 aliphatic carbocycles. The molecule has 0 spiro atoms. The van der Waals surface area contributed by atoms with Crippen LogP contribution in [0.25, 0.3) is 22.9 Å². The summed E-state index contributed by atoms with van der Waals surface area (Å²) >= 11 is 0. The highest BCUT2D eigenvalue weighted by Crippen LogP contribution is 2.26. The number of halogens is 2. The van der Waals surface area contributed by atoms with Crippen LogP contribution >= 0.6 is 0 Å². The fourth-order valence-corrected chi connectivity index (χ4v) is 2.78. The third-order valence-corrected chi connectivity index (χ3v) is 4.22. The maximum absolute atomic E-state index is 14.3. The van der Waals surface area contributed by atoms with E-state index in [1.807, 2.05) is 0 Å². The van der Waals surface area contributed by atoms with Crippen LogP contribution in [0.3, 0.4) is 0 Å². The number of aliphatic hydroxyl groups is 1. The van der Waals surface area contributed by atoms with Gasteiger partial charge in [-0.25, -0.2) is 18.7 Å². The fourth-order valence-electron chi connectivity index (χ4n) is 2.78. The second kappa shape index (κ2) is 8.23. The lowest BCUT2D eigenvalue weighted by Gasteiger charge is -2.18. The molecule has 8 nitrogen and oxygen atoms in total. The molecule has 0 atom stereocenters. The summed E-state index contributed by atoms with van der Waals surface area (Å²) < 4.78 is 50.9. The average molecular weight is 428 g/mol. The van der Waals surface area contributed by atoms with Crippen LogP contribution in [0.15, 0.2) is 53.4 Å². The lowest BCUT2D eigenvalue weighted by atomic mass is 10.1. The van der Waals surface area contributed by atoms with Gasteiger partial charge in [0.15, 0.2) is 17.5 Å². The van der Waals surface area contributed by atoms with Crippen molar-refractivity contribution in [2.75, 3.05) is 11.8 Å². The zero-order valence-electron chi connectivity index (χ0n) is 18.7. The van der Waals surface area contributed by atoms with Crippen molar-refractivity contribution in [1.29, 1.82) is 0 Å². The molecule has 3 heterocycles. The summed E-state index contributed by atoms with van der Waals surface area (Å²) in [6, 6.07) is 9.44. The van der Waals surface area contributed by atoms with Crippen LogP contribution in [-0.2, 0) is 6.54 Å². The van der Waals surface area contributed by atoms with E-state index in [0.717, 1.165) is 6.20 Å². The summed E-state index contributed by atoms with van der Waals surface area (Å²) in [7, 11) is 0. The summed E-state index contributed by atoms with van der Waals surface area (Å²) in [5, 5.41) is 20.6. The van der Waals surface area contributed by atoms with E-state index in [-0.39, 0.29) is 18.1 Å². The van der Waals surface area contributed by atoms with E-state index in [1.54, 1.807) is 30.3 Å². The van der Waals surface area contributed by atoms with Crippen molar-refractivity contribution in [3.8, 4) is 22.9 Å². The van der Waals surface area contributed by atoms with E-state index in [9.17, 15) is 13.9 Å². The molecule has 0 saturated carbocycles. The minimum absolute atomic E-state index is 0.0116. The van der Waals surface area contributed by atoms with E-state index in [1.165, 1.54) is 30.9 Å². The molecular formula is C21H20F2N6O2. The molecule has 0 amide bonds. The van der Waals surface area contributed by atoms with Crippen LogP contribution in [0.5, 0.6) is 0 Å². The molecule has 3 aromatic heterocycles. The molecule has 31 heavy (non-hydrogen) atoms. The molecule has 0 aliphatic rings. The maximum atomic E-state index is 14.3. The van der Waals surface area contributed by atoms with Crippen molar-refractivity contribution in [3.05, 3.63) is 66.1 Å². The van der Waals surface area contributed by atoms with E-state index in [4.69, 9.17) is 7.26 Å². The Bertz CT molecular complexity index is 1270. The van der Waals surface area contributed by atoms with Gasteiger partial charge in [0.1, 0.15) is 23.5 Å². The van der Waals surface area contributed by atoms with Gasteiger partial charge in [-0.15, -0.1) is 0 Å². The zero-order valence-corrected chi connectivity index (χ0v) is 16.7. The first-order valence-electron chi connectivity index (χ1n) is 10.3. The number of benzene rings is 1. The Kier molecular flexibility index (Phi) is 4.81. The molecule has 0 bridgehead atoms. The number of nitrogens with one attached hydrogen (secondary N) is 1. The lowest BCUT2D eigenvalue weighted by Crippen LogP contribution is -2.30. The van der Waals surface area contributed by atoms with Gasteiger partial charge in [-0.05, 0) is 26.0 Å². The first-order valence-corrected chi connectivity index (χ1v) is 9.30. The van der Waals surface area contributed by atoms with Gasteiger partial charge in [0.05, 0.1) is 26.8 Å². The molecule has 4 aromatic rings. The average Bonchev–Trinajstić information content (AvgIpc) is 3.40. The van der Waals surface area contributed by atoms with Gasteiger partial charge in [0, 0.05) is 18.1 Å². The van der Waals surface area contributed by atoms with Gasteiger partial charge in [-0.1, -0.05) is 23.4 Å². The Balaban J connectivity index is 1.75. The molecule has 1 aromatic carbocycles. The summed E-state index contributed by atoms with van der Waals surface area (Å²) in [4.78, 5) is 8.02. The van der Waals surface area contributed by atoms with Gasteiger partial charge in [0.25, 0.3) is 0 Å². The molecule has 2 N–H and O–H groups in total. The highest BCUT2D eigenvalue weighted by atomic mass is 19.1. The van der Waals surface area contributed by atoms with E-state index >= 15 is 0 Å². The maximum Gasteiger partial charge on any atom is 0.183 e. The topological polar surface area (TPSA) is 102 Å². The van der Waals surface area contributed by atoms with Gasteiger partial charge in [-0.2, -0.15) is 5.10 Å². The highest BCUT2D eigenvalue weighted by molar-refractivity contribution is 5.63. The van der Waals surface area contributed by atoms with E-state index in [0.29, 0.717) is 17.0 Å². The second-order valence-corrected chi connectivity index (χ2v) is 7.25. The first kappa shape index (κ1) is 18.1. The summed E-state index contributed by atoms with van der Waals surface area (Å²) in [5.41, 5.74) is -0.305. The van der Waals surface area contributed by atoms with E-state index < -0.39 is 29.6 Å². The van der Waals surface area contributed by atoms with Crippen LogP contribution < -0.4 is 5.32 Å². The number of hydrogen-bond acceptors (Lipinski definition) is 7. The molecular weight excluding hydrogens is 406 g/mol. The van der Waals surface area contributed by atoms with Crippen molar-refractivity contribution in [1.82, 2.24) is 24.9 Å². The minimum atomic E-state index is -2.39. The Morgan fingerprint density at radius 2 is 2.00 bits per heavy atom. The van der Waals surface area contributed by atoms with Crippen LogP contribution in [0, 0.1) is 11.6 Å². The minimum Gasteiger partial charge on any atom is -0.389 e. The number of nitrogens with zero attached hydrogens (tertiary/aromatic N) is 5. The SMILES string of the molecule is [2H]C([2H])(Nc1nc(-c2cc(-c3ccon3)n(Cc3ccccc3F)n2)ncc1F)C(C)(C)O. The van der Waals surface area contributed by atoms with Crippen LogP contribution in [0.2, 0.25) is 0 Å². The van der Waals surface area contributed by atoms with Crippen molar-refractivity contribution in [3.63, 3.8) is 0 Å². The standard InChI is InChI=1S/C21H20F2N6O2/c1-21(2,30)12-25-19-15(23)10-24-20(26-19)17-9-18(16-7-8-31-28-16)29(27-17)11-13-5-3-4-6-14(13)22/h3-10,30H,11-12H2,1-2H3,(H,24,25,26)/i12D2. The van der Waals surface area contributed by atoms with Crippen molar-refractivity contribution in [2.45, 2.75) is 26.0 Å². The van der Waals surface area contributed by atoms with Crippen LogP contribution in [0.4, 0.5) is 14.6 Å². The third kappa shape index (κ3) is 4.75. The zero-order chi connectivity index (χ0) is 23.8. The molecule has 0 radical (unpaired) electrons. The highest BCUT2D eigenvalue weighted by Gasteiger charge is 2.19. The fraction of sp³-hybridized carbons (Fsp3) is 0.238. The lowest BCUT2D eigenvalue weighted by molar-refractivity contribution is 0.0943. The van der Waals surface area contributed by atoms with Gasteiger partial charge in [-0.3, -0.25) is 4.68 Å². The molecule has 4 rings (SSSR count). The number of rotatable bonds is 7. The normalized spacial score (nSPS) is 13.1. The summed E-state index contributed by atoms with van der Waals surface area (Å²) in [5.74, 6) is -1.77. The quantitative estimate of drug-likeness (QED) is 0.464. The Labute approximate surface area is 179 Å². The number of anilines is 1. The van der Waals surface area contributed by atoms with Crippen molar-refractivity contribution < 1.29 is 21.2 Å². The monoisotopic (exact) mass is 428 g/mol. The molecule has 10 heteroatoms. The van der Waals surface area contributed by atoms with Crippen molar-refractivity contribution >= 4 is 5.82 Å². The van der Waals surface area contributed by atoms with Crippen molar-refractivity contribution in [2.24, 2.45) is 0 Å². The predicted octanol–water partition coefficient (Wildman–Crippen LogP) is 3.50. The van der Waals surface area contributed by atoms with Crippen LogP contribution in [-0.4, -0.2) is 42.1 Å². The molecule has 0 aliphatic heterocycles. The Hall–Kier alpha value is -3.66. The Morgan fingerprint density at radius 1 is 1.19 bits per heavy atom. The summed E-state index contributed by atoms with van der Waals surface area (Å²) in [6.45, 7) is 0.168.